The number of anilines is 1. The quantitative estimate of drug-likeness (QED) is 0.852. The van der Waals surface area contributed by atoms with Crippen molar-refractivity contribution in [3.05, 3.63) is 38.1 Å². The molecule has 126 valence electrons. The third kappa shape index (κ3) is 2.40. The number of hydrogen-bond acceptors (Lipinski definition) is 6. The third-order valence-electron chi connectivity index (χ3n) is 4.32. The highest BCUT2D eigenvalue weighted by molar-refractivity contribution is 5.52. The van der Waals surface area contributed by atoms with Crippen LogP contribution >= 0.6 is 0 Å². The zero-order valence-electron chi connectivity index (χ0n) is 13.9. The number of nitriles is 1. The molecular formula is C15H19N7O2. The maximum Gasteiger partial charge on any atom is 0.332 e. The second-order valence-electron chi connectivity index (χ2n) is 5.84. The fourth-order valence-corrected chi connectivity index (χ4v) is 2.96. The van der Waals surface area contributed by atoms with E-state index in [9.17, 15) is 14.9 Å². The normalized spacial score (nSPS) is 16.5. The maximum atomic E-state index is 12.2. The minimum atomic E-state index is -0.602. The molecule has 0 saturated carbocycles. The Kier molecular flexibility index (Phi) is 3.97. The van der Waals surface area contributed by atoms with Gasteiger partial charge >= 0.3 is 5.69 Å². The molecule has 0 fully saturated rings. The van der Waals surface area contributed by atoms with Gasteiger partial charge < -0.3 is 5.32 Å². The first-order chi connectivity index (χ1) is 11.5. The van der Waals surface area contributed by atoms with Crippen molar-refractivity contribution in [3.63, 3.8) is 0 Å². The first-order valence-electron chi connectivity index (χ1n) is 7.88. The first kappa shape index (κ1) is 16.0. The Labute approximate surface area is 138 Å². The predicted octanol–water partition coefficient (Wildman–Crippen LogP) is 0.0566. The molecule has 0 aromatic carbocycles. The van der Waals surface area contributed by atoms with Crippen molar-refractivity contribution in [3.8, 4) is 6.07 Å². The van der Waals surface area contributed by atoms with Crippen molar-refractivity contribution in [1.29, 1.82) is 5.26 Å². The Morgan fingerprint density at radius 1 is 1.33 bits per heavy atom. The highest BCUT2D eigenvalue weighted by Gasteiger charge is 2.26. The van der Waals surface area contributed by atoms with Crippen LogP contribution in [-0.4, -0.2) is 23.9 Å². The molecular weight excluding hydrogens is 310 g/mol. The van der Waals surface area contributed by atoms with E-state index in [1.165, 1.54) is 18.7 Å². The van der Waals surface area contributed by atoms with E-state index >= 15 is 0 Å². The molecule has 1 aliphatic heterocycles. The molecule has 0 bridgehead atoms. The first-order valence-corrected chi connectivity index (χ1v) is 7.88. The molecule has 2 aromatic heterocycles. The summed E-state index contributed by atoms with van der Waals surface area (Å²) in [4.78, 5) is 28.9. The van der Waals surface area contributed by atoms with Crippen LogP contribution in [0.5, 0.6) is 0 Å². The molecule has 1 aliphatic rings. The molecule has 1 atom stereocenters. The van der Waals surface area contributed by atoms with E-state index in [2.05, 4.69) is 15.4 Å². The van der Waals surface area contributed by atoms with Crippen molar-refractivity contribution in [2.45, 2.75) is 38.8 Å². The summed E-state index contributed by atoms with van der Waals surface area (Å²) in [6.45, 7) is 2.78. The van der Waals surface area contributed by atoms with E-state index in [-0.39, 0.29) is 17.4 Å². The van der Waals surface area contributed by atoms with Crippen LogP contribution in [0.15, 0.2) is 9.59 Å². The number of aryl methyl sites for hydroxylation is 2. The summed E-state index contributed by atoms with van der Waals surface area (Å²) in [5, 5.41) is 17.0. The molecule has 0 aliphatic carbocycles. The van der Waals surface area contributed by atoms with Crippen LogP contribution in [0, 0.1) is 11.3 Å². The summed E-state index contributed by atoms with van der Waals surface area (Å²) < 4.78 is 4.07. The van der Waals surface area contributed by atoms with E-state index in [1.54, 1.807) is 0 Å². The van der Waals surface area contributed by atoms with Crippen LogP contribution in [-0.2, 0) is 27.1 Å². The fourth-order valence-electron chi connectivity index (χ4n) is 2.96. The van der Waals surface area contributed by atoms with Gasteiger partial charge in [-0.1, -0.05) is 6.92 Å². The van der Waals surface area contributed by atoms with Crippen molar-refractivity contribution in [2.75, 3.05) is 5.32 Å². The summed E-state index contributed by atoms with van der Waals surface area (Å²) in [7, 11) is 2.90. The standard InChI is InChI=1S/C15H19N7O2/c1-4-11-18-13-10(6-5-7-22(13)19-11)17-12-9(8-16)14(23)21(3)15(24)20(12)2/h10,17H,4-7H2,1-3H3. The monoisotopic (exact) mass is 329 g/mol. The molecule has 9 heteroatoms. The summed E-state index contributed by atoms with van der Waals surface area (Å²) in [5.41, 5.74) is -1.16. The number of aromatic nitrogens is 5. The van der Waals surface area contributed by atoms with E-state index in [0.717, 1.165) is 42.0 Å². The second-order valence-corrected chi connectivity index (χ2v) is 5.84. The Morgan fingerprint density at radius 3 is 2.75 bits per heavy atom. The topological polar surface area (TPSA) is 111 Å². The van der Waals surface area contributed by atoms with Crippen LogP contribution in [0.3, 0.4) is 0 Å². The molecule has 2 aromatic rings. The average molecular weight is 329 g/mol. The molecule has 0 saturated heterocycles. The molecule has 0 radical (unpaired) electrons. The molecule has 0 spiro atoms. The van der Waals surface area contributed by atoms with Crippen LogP contribution in [0.2, 0.25) is 0 Å². The molecule has 9 nitrogen and oxygen atoms in total. The molecule has 24 heavy (non-hydrogen) atoms. The molecule has 1 N–H and O–H groups in total. The van der Waals surface area contributed by atoms with Gasteiger partial charge in [0.05, 0.1) is 6.04 Å². The molecule has 1 unspecified atom stereocenters. The number of fused-ring (bicyclic) bond motifs is 1. The Hall–Kier alpha value is -2.89. The van der Waals surface area contributed by atoms with Crippen molar-refractivity contribution in [2.24, 2.45) is 14.1 Å². The van der Waals surface area contributed by atoms with Gasteiger partial charge in [-0.25, -0.2) is 14.5 Å². The van der Waals surface area contributed by atoms with Crippen LogP contribution < -0.4 is 16.6 Å². The largest absolute Gasteiger partial charge is 0.360 e. The van der Waals surface area contributed by atoms with Gasteiger partial charge in [0.2, 0.25) is 0 Å². The van der Waals surface area contributed by atoms with Gasteiger partial charge in [0.1, 0.15) is 17.7 Å². The number of nitrogens with one attached hydrogen (secondary N) is 1. The van der Waals surface area contributed by atoms with Crippen LogP contribution in [0.4, 0.5) is 5.82 Å². The van der Waals surface area contributed by atoms with Crippen molar-refractivity contribution in [1.82, 2.24) is 23.9 Å². The Balaban J connectivity index is 2.08. The summed E-state index contributed by atoms with van der Waals surface area (Å²) in [5.74, 6) is 1.76. The number of hydrogen-bond donors (Lipinski definition) is 1. The minimum Gasteiger partial charge on any atom is -0.360 e. The van der Waals surface area contributed by atoms with Crippen molar-refractivity contribution < 1.29 is 0 Å². The number of nitrogens with zero attached hydrogens (tertiary/aromatic N) is 6. The van der Waals surface area contributed by atoms with E-state index in [0.29, 0.717) is 0 Å². The number of rotatable bonds is 3. The van der Waals surface area contributed by atoms with E-state index in [4.69, 9.17) is 0 Å². The lowest BCUT2D eigenvalue weighted by atomic mass is 10.1. The smallest absolute Gasteiger partial charge is 0.332 e. The van der Waals surface area contributed by atoms with Gasteiger partial charge in [0, 0.05) is 27.1 Å². The average Bonchev–Trinajstić information content (AvgIpc) is 3.02. The lowest BCUT2D eigenvalue weighted by Crippen LogP contribution is -2.40. The summed E-state index contributed by atoms with van der Waals surface area (Å²) in [6.07, 6.45) is 2.43. The van der Waals surface area contributed by atoms with Gasteiger partial charge in [-0.05, 0) is 12.8 Å². The second kappa shape index (κ2) is 5.96. The third-order valence-corrected chi connectivity index (χ3v) is 4.32. The van der Waals surface area contributed by atoms with Crippen molar-refractivity contribution >= 4 is 5.82 Å². The molecule has 3 rings (SSSR count). The highest BCUT2D eigenvalue weighted by atomic mass is 16.2. The van der Waals surface area contributed by atoms with Crippen LogP contribution in [0.25, 0.3) is 0 Å². The van der Waals surface area contributed by atoms with Gasteiger partial charge in [0.15, 0.2) is 11.4 Å². The highest BCUT2D eigenvalue weighted by Crippen LogP contribution is 2.27. The van der Waals surface area contributed by atoms with Gasteiger partial charge in [-0.15, -0.1) is 0 Å². The lowest BCUT2D eigenvalue weighted by Gasteiger charge is -2.25. The molecule has 3 heterocycles. The van der Waals surface area contributed by atoms with Gasteiger partial charge in [0.25, 0.3) is 5.56 Å². The minimum absolute atomic E-state index is 0.0769. The predicted molar refractivity (Wildman–Crippen MR) is 86.6 cm³/mol. The lowest BCUT2D eigenvalue weighted by molar-refractivity contribution is 0.435. The maximum absolute atomic E-state index is 12.2. The van der Waals surface area contributed by atoms with Gasteiger partial charge in [-0.2, -0.15) is 10.4 Å². The summed E-state index contributed by atoms with van der Waals surface area (Å²) >= 11 is 0. The molecule has 0 amide bonds. The zero-order chi connectivity index (χ0) is 17.4. The Morgan fingerprint density at radius 2 is 2.08 bits per heavy atom. The zero-order valence-corrected chi connectivity index (χ0v) is 13.9. The fraction of sp³-hybridized carbons (Fsp3) is 0.533. The van der Waals surface area contributed by atoms with E-state index < -0.39 is 11.2 Å². The summed E-state index contributed by atoms with van der Waals surface area (Å²) in [6, 6.07) is 1.71. The SMILES string of the molecule is CCc1nc2n(n1)CCCC2Nc1c(C#N)c(=O)n(C)c(=O)n1C. The van der Waals surface area contributed by atoms with E-state index in [1.807, 2.05) is 17.7 Å². The van der Waals surface area contributed by atoms with Crippen LogP contribution in [0.1, 0.15) is 43.0 Å². The van der Waals surface area contributed by atoms with Gasteiger partial charge in [-0.3, -0.25) is 13.9 Å². The Bertz CT molecular complexity index is 944.